The molecule has 1 N–H and O–H groups in total. The van der Waals surface area contributed by atoms with Crippen LogP contribution in [-0.4, -0.2) is 22.9 Å². The molecule has 3 heteroatoms. The second-order valence-electron chi connectivity index (χ2n) is 8.61. The van der Waals surface area contributed by atoms with Crippen LogP contribution in [-0.2, 0) is 17.9 Å². The second-order valence-corrected chi connectivity index (χ2v) is 8.61. The zero-order chi connectivity index (χ0) is 19.2. The van der Waals surface area contributed by atoms with E-state index in [9.17, 15) is 4.79 Å². The first kappa shape index (κ1) is 19.2. The molecule has 1 amide bonds. The average molecular weight is 377 g/mol. The molecule has 2 aromatic carbocycles. The van der Waals surface area contributed by atoms with Gasteiger partial charge in [-0.3, -0.25) is 9.69 Å². The molecule has 0 spiro atoms. The van der Waals surface area contributed by atoms with E-state index in [0.717, 1.165) is 38.3 Å². The maximum atomic E-state index is 12.7. The summed E-state index contributed by atoms with van der Waals surface area (Å²) in [7, 11) is 0. The normalized spacial score (nSPS) is 17.9. The minimum atomic E-state index is 0.234. The first-order valence-corrected chi connectivity index (χ1v) is 10.9. The SMILES string of the molecule is O=C(C[C@@H](CC1CCC1)N(Cc1ccccc1)Cc1ccccc1)NC1CC1. The Morgan fingerprint density at radius 3 is 1.93 bits per heavy atom. The smallest absolute Gasteiger partial charge is 0.221 e. The number of hydrogen-bond acceptors (Lipinski definition) is 2. The van der Waals surface area contributed by atoms with Crippen LogP contribution in [0.2, 0.25) is 0 Å². The standard InChI is InChI=1S/C25H32N2O/c28-25(26-23-14-15-23)17-24(16-20-12-7-13-20)27(18-21-8-3-1-4-9-21)19-22-10-5-2-6-11-22/h1-6,8-11,20,23-24H,7,12-19H2,(H,26,28)/t24-/m1/s1. The van der Waals surface area contributed by atoms with Crippen LogP contribution in [0, 0.1) is 5.92 Å². The molecule has 1 atom stereocenters. The topological polar surface area (TPSA) is 32.3 Å². The highest BCUT2D eigenvalue weighted by Crippen LogP contribution is 2.33. The number of benzene rings is 2. The summed E-state index contributed by atoms with van der Waals surface area (Å²) in [6, 6.07) is 22.1. The zero-order valence-corrected chi connectivity index (χ0v) is 16.7. The number of rotatable bonds is 10. The second kappa shape index (κ2) is 9.38. The molecular weight excluding hydrogens is 344 g/mol. The first-order chi connectivity index (χ1) is 13.8. The molecule has 0 radical (unpaired) electrons. The maximum Gasteiger partial charge on any atom is 0.221 e. The lowest BCUT2D eigenvalue weighted by Gasteiger charge is -2.37. The summed E-state index contributed by atoms with van der Waals surface area (Å²) in [5.41, 5.74) is 2.64. The summed E-state index contributed by atoms with van der Waals surface area (Å²) in [6.07, 6.45) is 8.05. The van der Waals surface area contributed by atoms with Crippen molar-refractivity contribution >= 4 is 5.91 Å². The number of carbonyl (C=O) groups excluding carboxylic acids is 1. The fourth-order valence-corrected chi connectivity index (χ4v) is 4.15. The quantitative estimate of drug-likeness (QED) is 0.638. The van der Waals surface area contributed by atoms with Gasteiger partial charge < -0.3 is 5.32 Å². The molecular formula is C25H32N2O. The summed E-state index contributed by atoms with van der Waals surface area (Å²) in [4.78, 5) is 15.2. The molecule has 0 heterocycles. The fourth-order valence-electron chi connectivity index (χ4n) is 4.15. The van der Waals surface area contributed by atoms with Crippen molar-refractivity contribution in [3.8, 4) is 0 Å². The Bertz CT molecular complexity index is 696. The molecule has 2 aromatic rings. The lowest BCUT2D eigenvalue weighted by Crippen LogP contribution is -2.41. The van der Waals surface area contributed by atoms with Gasteiger partial charge in [0.15, 0.2) is 0 Å². The van der Waals surface area contributed by atoms with Gasteiger partial charge in [-0.05, 0) is 36.3 Å². The largest absolute Gasteiger partial charge is 0.353 e. The van der Waals surface area contributed by atoms with Gasteiger partial charge in [0.2, 0.25) is 5.91 Å². The van der Waals surface area contributed by atoms with Crippen molar-refractivity contribution in [2.45, 2.75) is 70.1 Å². The number of nitrogens with zero attached hydrogens (tertiary/aromatic N) is 1. The Hall–Kier alpha value is -2.13. The highest BCUT2D eigenvalue weighted by atomic mass is 16.1. The van der Waals surface area contributed by atoms with Crippen molar-refractivity contribution in [3.05, 3.63) is 71.8 Å². The highest BCUT2D eigenvalue weighted by molar-refractivity contribution is 5.77. The zero-order valence-electron chi connectivity index (χ0n) is 16.7. The van der Waals surface area contributed by atoms with Crippen molar-refractivity contribution in [2.24, 2.45) is 5.92 Å². The van der Waals surface area contributed by atoms with Crippen molar-refractivity contribution in [2.75, 3.05) is 0 Å². The number of amides is 1. The minimum Gasteiger partial charge on any atom is -0.353 e. The average Bonchev–Trinajstić information content (AvgIpc) is 3.49. The van der Waals surface area contributed by atoms with E-state index in [-0.39, 0.29) is 5.91 Å². The van der Waals surface area contributed by atoms with E-state index >= 15 is 0 Å². The van der Waals surface area contributed by atoms with E-state index in [2.05, 4.69) is 70.9 Å². The van der Waals surface area contributed by atoms with Gasteiger partial charge in [-0.15, -0.1) is 0 Å². The van der Waals surface area contributed by atoms with Crippen LogP contribution >= 0.6 is 0 Å². The van der Waals surface area contributed by atoms with Crippen LogP contribution in [0.4, 0.5) is 0 Å². The van der Waals surface area contributed by atoms with E-state index in [1.807, 2.05) is 0 Å². The molecule has 2 aliphatic carbocycles. The van der Waals surface area contributed by atoms with Gasteiger partial charge in [0, 0.05) is 31.6 Å². The van der Waals surface area contributed by atoms with Gasteiger partial charge in [-0.1, -0.05) is 79.9 Å². The van der Waals surface area contributed by atoms with Crippen LogP contribution < -0.4 is 5.32 Å². The molecule has 0 saturated heterocycles. The monoisotopic (exact) mass is 376 g/mol. The van der Waals surface area contributed by atoms with Gasteiger partial charge in [-0.25, -0.2) is 0 Å². The van der Waals surface area contributed by atoms with Crippen LogP contribution in [0.1, 0.15) is 56.1 Å². The van der Waals surface area contributed by atoms with E-state index in [1.165, 1.54) is 30.4 Å². The summed E-state index contributed by atoms with van der Waals surface area (Å²) >= 11 is 0. The summed E-state index contributed by atoms with van der Waals surface area (Å²) in [5, 5.41) is 3.21. The molecule has 2 saturated carbocycles. The van der Waals surface area contributed by atoms with Gasteiger partial charge >= 0.3 is 0 Å². The number of hydrogen-bond donors (Lipinski definition) is 1. The van der Waals surface area contributed by atoms with Crippen LogP contribution in [0.25, 0.3) is 0 Å². The van der Waals surface area contributed by atoms with E-state index in [0.29, 0.717) is 18.5 Å². The predicted octanol–water partition coefficient (Wildman–Crippen LogP) is 4.92. The summed E-state index contributed by atoms with van der Waals surface area (Å²) < 4.78 is 0. The molecule has 0 aromatic heterocycles. The van der Waals surface area contributed by atoms with Crippen molar-refractivity contribution in [1.29, 1.82) is 0 Å². The van der Waals surface area contributed by atoms with Gasteiger partial charge in [0.05, 0.1) is 0 Å². The molecule has 148 valence electrons. The third-order valence-electron chi connectivity index (χ3n) is 6.17. The Labute approximate surface area is 169 Å². The molecule has 0 aliphatic heterocycles. The third-order valence-corrected chi connectivity index (χ3v) is 6.17. The molecule has 0 unspecified atom stereocenters. The third kappa shape index (κ3) is 5.68. The number of carbonyl (C=O) groups is 1. The fraction of sp³-hybridized carbons (Fsp3) is 0.480. The molecule has 2 fully saturated rings. The molecule has 2 aliphatic rings. The Balaban J connectivity index is 1.51. The van der Waals surface area contributed by atoms with Crippen molar-refractivity contribution < 1.29 is 4.79 Å². The van der Waals surface area contributed by atoms with Crippen LogP contribution in [0.3, 0.4) is 0 Å². The highest BCUT2D eigenvalue weighted by Gasteiger charge is 2.30. The Morgan fingerprint density at radius 2 is 1.46 bits per heavy atom. The Morgan fingerprint density at radius 1 is 0.893 bits per heavy atom. The predicted molar refractivity (Wildman–Crippen MR) is 114 cm³/mol. The van der Waals surface area contributed by atoms with Crippen LogP contribution in [0.15, 0.2) is 60.7 Å². The maximum absolute atomic E-state index is 12.7. The lowest BCUT2D eigenvalue weighted by molar-refractivity contribution is -0.122. The van der Waals surface area contributed by atoms with Crippen molar-refractivity contribution in [1.82, 2.24) is 10.2 Å². The summed E-state index contributed by atoms with van der Waals surface area (Å²) in [5.74, 6) is 1.02. The van der Waals surface area contributed by atoms with Gasteiger partial charge in [-0.2, -0.15) is 0 Å². The molecule has 0 bridgehead atoms. The molecule has 3 nitrogen and oxygen atoms in total. The van der Waals surface area contributed by atoms with E-state index in [1.54, 1.807) is 0 Å². The van der Waals surface area contributed by atoms with Crippen LogP contribution in [0.5, 0.6) is 0 Å². The summed E-state index contributed by atoms with van der Waals surface area (Å²) in [6.45, 7) is 1.79. The molecule has 28 heavy (non-hydrogen) atoms. The first-order valence-electron chi connectivity index (χ1n) is 10.9. The molecule has 4 rings (SSSR count). The van der Waals surface area contributed by atoms with Gasteiger partial charge in [0.25, 0.3) is 0 Å². The minimum absolute atomic E-state index is 0.234. The Kier molecular flexibility index (Phi) is 6.43. The van der Waals surface area contributed by atoms with Gasteiger partial charge in [0.1, 0.15) is 0 Å². The lowest BCUT2D eigenvalue weighted by atomic mass is 9.79. The van der Waals surface area contributed by atoms with Crippen molar-refractivity contribution in [3.63, 3.8) is 0 Å². The van der Waals surface area contributed by atoms with E-state index in [4.69, 9.17) is 0 Å². The van der Waals surface area contributed by atoms with E-state index < -0.39 is 0 Å². The number of nitrogens with one attached hydrogen (secondary N) is 1.